The number of hydrogen-bond donors (Lipinski definition) is 1. The smallest absolute Gasteiger partial charge is 0.280 e. The molecule has 0 spiro atoms. The molecule has 1 aromatic carbocycles. The molecule has 1 heterocycles. The highest BCUT2D eigenvalue weighted by molar-refractivity contribution is 6.35. The minimum absolute atomic E-state index is 0.0858. The number of non-ortho nitro benzene ring substituents is 1. The third-order valence-corrected chi connectivity index (χ3v) is 2.37. The summed E-state index contributed by atoms with van der Waals surface area (Å²) >= 11 is 5.77. The standard InChI is InChI=1S/C9H6ClN3O2/c10-6-4-7(13(14)15)5-2-1-3-12-9(5)8(6)11/h1-4H,11H2. The highest BCUT2D eigenvalue weighted by Crippen LogP contribution is 2.34. The number of anilines is 1. The van der Waals surface area contributed by atoms with E-state index >= 15 is 0 Å². The van der Waals surface area contributed by atoms with E-state index in [9.17, 15) is 10.1 Å². The van der Waals surface area contributed by atoms with Crippen molar-refractivity contribution in [3.63, 3.8) is 0 Å². The Labute approximate surface area is 89.6 Å². The zero-order chi connectivity index (χ0) is 11.0. The van der Waals surface area contributed by atoms with Crippen LogP contribution in [0.15, 0.2) is 24.4 Å². The molecule has 0 fully saturated rings. The van der Waals surface area contributed by atoms with Crippen LogP contribution in [0.25, 0.3) is 10.9 Å². The summed E-state index contributed by atoms with van der Waals surface area (Å²) in [5.74, 6) is 0. The summed E-state index contributed by atoms with van der Waals surface area (Å²) in [7, 11) is 0. The zero-order valence-electron chi connectivity index (χ0n) is 7.48. The zero-order valence-corrected chi connectivity index (χ0v) is 8.23. The third-order valence-electron chi connectivity index (χ3n) is 2.06. The van der Waals surface area contributed by atoms with E-state index in [0.29, 0.717) is 10.9 Å². The molecule has 0 bridgehead atoms. The highest BCUT2D eigenvalue weighted by atomic mass is 35.5. The summed E-state index contributed by atoms with van der Waals surface area (Å²) in [5.41, 5.74) is 6.20. The molecule has 0 saturated carbocycles. The van der Waals surface area contributed by atoms with Gasteiger partial charge in [0.05, 0.1) is 21.0 Å². The number of nitro groups is 1. The SMILES string of the molecule is Nc1c(Cl)cc([N+](=O)[O-])c2cccnc12. The van der Waals surface area contributed by atoms with E-state index in [0.717, 1.165) is 0 Å². The van der Waals surface area contributed by atoms with Gasteiger partial charge in [-0.3, -0.25) is 15.1 Å². The fourth-order valence-corrected chi connectivity index (χ4v) is 1.56. The molecule has 5 nitrogen and oxygen atoms in total. The third kappa shape index (κ3) is 1.46. The van der Waals surface area contributed by atoms with Crippen LogP contribution < -0.4 is 5.73 Å². The van der Waals surface area contributed by atoms with Crippen molar-refractivity contribution in [3.05, 3.63) is 39.5 Å². The molecule has 0 saturated heterocycles. The Morgan fingerprint density at radius 1 is 1.53 bits per heavy atom. The first-order valence-electron chi connectivity index (χ1n) is 4.08. The number of halogens is 1. The Morgan fingerprint density at radius 2 is 2.27 bits per heavy atom. The van der Waals surface area contributed by atoms with Crippen molar-refractivity contribution in [1.29, 1.82) is 0 Å². The molecule has 0 aliphatic rings. The fraction of sp³-hybridized carbons (Fsp3) is 0. The minimum atomic E-state index is -0.505. The normalized spacial score (nSPS) is 10.5. The van der Waals surface area contributed by atoms with Gasteiger partial charge in [0.1, 0.15) is 5.52 Å². The molecular formula is C9H6ClN3O2. The summed E-state index contributed by atoms with van der Waals surface area (Å²) in [6.45, 7) is 0. The molecule has 0 amide bonds. The Balaban J connectivity index is 2.94. The van der Waals surface area contributed by atoms with Crippen LogP contribution in [0, 0.1) is 10.1 Å². The predicted molar refractivity (Wildman–Crippen MR) is 57.8 cm³/mol. The van der Waals surface area contributed by atoms with E-state index in [1.165, 1.54) is 12.3 Å². The molecular weight excluding hydrogens is 218 g/mol. The lowest BCUT2D eigenvalue weighted by Gasteiger charge is -2.03. The second kappa shape index (κ2) is 3.36. The maximum Gasteiger partial charge on any atom is 0.280 e. The van der Waals surface area contributed by atoms with E-state index in [1.807, 2.05) is 0 Å². The Morgan fingerprint density at radius 3 is 2.93 bits per heavy atom. The average Bonchev–Trinajstić information content (AvgIpc) is 2.23. The number of aromatic nitrogens is 1. The number of benzene rings is 1. The van der Waals surface area contributed by atoms with Crippen molar-refractivity contribution in [2.75, 3.05) is 5.73 Å². The number of rotatable bonds is 1. The van der Waals surface area contributed by atoms with Crippen molar-refractivity contribution in [3.8, 4) is 0 Å². The van der Waals surface area contributed by atoms with Gasteiger partial charge in [-0.15, -0.1) is 0 Å². The topological polar surface area (TPSA) is 82.0 Å². The monoisotopic (exact) mass is 223 g/mol. The molecule has 0 aliphatic heterocycles. The second-order valence-electron chi connectivity index (χ2n) is 2.95. The fourth-order valence-electron chi connectivity index (χ4n) is 1.37. The van der Waals surface area contributed by atoms with Gasteiger partial charge in [0.25, 0.3) is 5.69 Å². The summed E-state index contributed by atoms with van der Waals surface area (Å²) in [6.07, 6.45) is 1.51. The lowest BCUT2D eigenvalue weighted by Crippen LogP contribution is -1.95. The van der Waals surface area contributed by atoms with Crippen LogP contribution in [0.2, 0.25) is 5.02 Å². The number of fused-ring (bicyclic) bond motifs is 1. The molecule has 0 unspecified atom stereocenters. The molecule has 76 valence electrons. The molecule has 15 heavy (non-hydrogen) atoms. The van der Waals surface area contributed by atoms with Crippen molar-refractivity contribution < 1.29 is 4.92 Å². The molecule has 6 heteroatoms. The maximum absolute atomic E-state index is 10.8. The van der Waals surface area contributed by atoms with E-state index < -0.39 is 4.92 Å². The predicted octanol–water partition coefficient (Wildman–Crippen LogP) is 2.38. The number of pyridine rings is 1. The molecule has 0 atom stereocenters. The number of nitrogens with zero attached hydrogens (tertiary/aromatic N) is 2. The van der Waals surface area contributed by atoms with Gasteiger partial charge < -0.3 is 5.73 Å². The van der Waals surface area contributed by atoms with Gasteiger partial charge in [0, 0.05) is 12.3 Å². The van der Waals surface area contributed by atoms with Crippen molar-refractivity contribution >= 4 is 33.9 Å². The van der Waals surface area contributed by atoms with Gasteiger partial charge >= 0.3 is 0 Å². The van der Waals surface area contributed by atoms with Gasteiger partial charge in [-0.25, -0.2) is 0 Å². The highest BCUT2D eigenvalue weighted by Gasteiger charge is 2.16. The van der Waals surface area contributed by atoms with Gasteiger partial charge in [-0.2, -0.15) is 0 Å². The Hall–Kier alpha value is -1.88. The molecule has 2 N–H and O–H groups in total. The summed E-state index contributed by atoms with van der Waals surface area (Å²) < 4.78 is 0. The van der Waals surface area contributed by atoms with Gasteiger partial charge in [0.15, 0.2) is 0 Å². The maximum atomic E-state index is 10.8. The first kappa shape index (κ1) is 9.67. The van der Waals surface area contributed by atoms with Crippen molar-refractivity contribution in [2.24, 2.45) is 0 Å². The minimum Gasteiger partial charge on any atom is -0.396 e. The summed E-state index contributed by atoms with van der Waals surface area (Å²) in [4.78, 5) is 14.2. The second-order valence-corrected chi connectivity index (χ2v) is 3.36. The largest absolute Gasteiger partial charge is 0.396 e. The van der Waals surface area contributed by atoms with Crippen LogP contribution in [-0.2, 0) is 0 Å². The molecule has 0 radical (unpaired) electrons. The van der Waals surface area contributed by atoms with Crippen LogP contribution in [-0.4, -0.2) is 9.91 Å². The molecule has 2 rings (SSSR count). The summed E-state index contributed by atoms with van der Waals surface area (Å²) in [6, 6.07) is 4.44. The van der Waals surface area contributed by atoms with Crippen molar-refractivity contribution in [2.45, 2.75) is 0 Å². The first-order valence-corrected chi connectivity index (χ1v) is 4.46. The Kier molecular flexibility index (Phi) is 2.17. The van der Waals surface area contributed by atoms with Gasteiger partial charge in [-0.05, 0) is 12.1 Å². The van der Waals surface area contributed by atoms with Crippen LogP contribution in [0.5, 0.6) is 0 Å². The van der Waals surface area contributed by atoms with Crippen molar-refractivity contribution in [1.82, 2.24) is 4.98 Å². The van der Waals surface area contributed by atoms with Crippen LogP contribution in [0.3, 0.4) is 0 Å². The van der Waals surface area contributed by atoms with E-state index in [4.69, 9.17) is 17.3 Å². The number of nitrogens with two attached hydrogens (primary N) is 1. The molecule has 1 aromatic heterocycles. The number of nitrogen functional groups attached to an aromatic ring is 1. The van der Waals surface area contributed by atoms with Crippen LogP contribution in [0.1, 0.15) is 0 Å². The number of nitro benzene ring substituents is 1. The van der Waals surface area contributed by atoms with Crippen LogP contribution >= 0.6 is 11.6 Å². The lowest BCUT2D eigenvalue weighted by atomic mass is 10.1. The quantitative estimate of drug-likeness (QED) is 0.457. The first-order chi connectivity index (χ1) is 7.11. The van der Waals surface area contributed by atoms with Gasteiger partial charge in [-0.1, -0.05) is 11.6 Å². The van der Waals surface area contributed by atoms with E-state index in [-0.39, 0.29) is 16.4 Å². The molecule has 2 aromatic rings. The average molecular weight is 224 g/mol. The Bertz CT molecular complexity index is 556. The molecule has 0 aliphatic carbocycles. The van der Waals surface area contributed by atoms with E-state index in [1.54, 1.807) is 12.1 Å². The lowest BCUT2D eigenvalue weighted by molar-refractivity contribution is -0.383. The van der Waals surface area contributed by atoms with E-state index in [2.05, 4.69) is 4.98 Å². The van der Waals surface area contributed by atoms with Gasteiger partial charge in [0.2, 0.25) is 0 Å². The number of hydrogen-bond acceptors (Lipinski definition) is 4. The van der Waals surface area contributed by atoms with Crippen LogP contribution in [0.4, 0.5) is 11.4 Å². The summed E-state index contributed by atoms with van der Waals surface area (Å²) in [5, 5.41) is 11.3.